The third kappa shape index (κ3) is 3.82. The van der Waals surface area contributed by atoms with E-state index in [1.165, 1.54) is 5.56 Å². The minimum Gasteiger partial charge on any atom is -0.488 e. The lowest BCUT2D eigenvalue weighted by Crippen LogP contribution is -2.07. The number of H-pyrrole nitrogens is 1. The van der Waals surface area contributed by atoms with Crippen LogP contribution in [-0.2, 0) is 19.6 Å². The maximum Gasteiger partial charge on any atom is 0.439 e. The van der Waals surface area contributed by atoms with Crippen molar-refractivity contribution in [1.29, 1.82) is 0 Å². The van der Waals surface area contributed by atoms with Gasteiger partial charge in [-0.25, -0.2) is 9.78 Å². The molecule has 1 aliphatic rings. The zero-order valence-corrected chi connectivity index (χ0v) is 20.2. The zero-order chi connectivity index (χ0) is 24.6. The third-order valence-electron chi connectivity index (χ3n) is 6.70. The lowest BCUT2D eigenvalue weighted by molar-refractivity contribution is 0.307. The van der Waals surface area contributed by atoms with Crippen molar-refractivity contribution < 1.29 is 9.26 Å². The smallest absolute Gasteiger partial charge is 0.439 e. The number of para-hydroxylation sites is 3. The number of nitrogens with one attached hydrogen (secondary N) is 1. The molecule has 0 unspecified atom stereocenters. The van der Waals surface area contributed by atoms with Crippen molar-refractivity contribution in [3.8, 4) is 5.75 Å². The second-order valence-corrected chi connectivity index (χ2v) is 9.07. The average molecular weight is 479 g/mol. The molecule has 180 valence electrons. The highest BCUT2D eigenvalue weighted by Crippen LogP contribution is 2.40. The van der Waals surface area contributed by atoms with Crippen LogP contribution in [-0.4, -0.2) is 19.7 Å². The van der Waals surface area contributed by atoms with Crippen LogP contribution < -0.4 is 10.5 Å². The highest BCUT2D eigenvalue weighted by molar-refractivity contribution is 5.99. The van der Waals surface area contributed by atoms with E-state index in [2.05, 4.69) is 58.0 Å². The van der Waals surface area contributed by atoms with E-state index in [9.17, 15) is 4.79 Å². The first kappa shape index (κ1) is 22.1. The highest BCUT2D eigenvalue weighted by atomic mass is 16.5. The molecule has 0 spiro atoms. The van der Waals surface area contributed by atoms with E-state index < -0.39 is 5.76 Å². The van der Waals surface area contributed by atoms with Crippen molar-refractivity contribution in [3.05, 3.63) is 111 Å². The van der Waals surface area contributed by atoms with Gasteiger partial charge < -0.3 is 9.30 Å². The Labute approximate surface area is 208 Å². The topological polar surface area (TPSA) is 85.9 Å². The first-order valence-corrected chi connectivity index (χ1v) is 12.2. The first-order valence-electron chi connectivity index (χ1n) is 12.2. The molecular formula is C29H26N4O3. The summed E-state index contributed by atoms with van der Waals surface area (Å²) in [7, 11) is 0. The first-order chi connectivity index (χ1) is 17.6. The number of rotatable bonds is 5. The number of hydrogen-bond donors (Lipinski definition) is 1. The van der Waals surface area contributed by atoms with Crippen molar-refractivity contribution in [2.24, 2.45) is 0 Å². The zero-order valence-electron chi connectivity index (χ0n) is 20.2. The normalized spacial score (nSPS) is 14.2. The van der Waals surface area contributed by atoms with Gasteiger partial charge in [-0.2, -0.15) is 0 Å². The standard InChI is InChI=1S/C29H26N4O3/c1-3-8-26-30-23-10-5-6-11-24(23)33(26)16-19-13-14-21-20(15-19)17-35-25-12-7-4-9-22(25)27(21)18(2)28-31-29(34)36-32-28/h4-7,9-15H,3,8,16-17H2,1-2H3,(H,31,32,34)/b27-18+. The van der Waals surface area contributed by atoms with Crippen LogP contribution in [0.3, 0.4) is 0 Å². The number of aromatic nitrogens is 4. The summed E-state index contributed by atoms with van der Waals surface area (Å²) in [5.74, 6) is 1.73. The van der Waals surface area contributed by atoms with E-state index >= 15 is 0 Å². The minimum atomic E-state index is -0.575. The Morgan fingerprint density at radius 1 is 1.06 bits per heavy atom. The fraction of sp³-hybridized carbons (Fsp3) is 0.207. The Hall–Kier alpha value is -4.39. The molecule has 0 atom stereocenters. The van der Waals surface area contributed by atoms with Gasteiger partial charge >= 0.3 is 5.76 Å². The van der Waals surface area contributed by atoms with Crippen molar-refractivity contribution in [2.75, 3.05) is 0 Å². The minimum absolute atomic E-state index is 0.413. The van der Waals surface area contributed by atoms with Gasteiger partial charge in [0.05, 0.1) is 11.0 Å². The van der Waals surface area contributed by atoms with Gasteiger partial charge in [0.15, 0.2) is 5.82 Å². The molecule has 0 amide bonds. The lowest BCUT2D eigenvalue weighted by atomic mass is 9.89. The van der Waals surface area contributed by atoms with E-state index in [1.807, 2.05) is 37.3 Å². The summed E-state index contributed by atoms with van der Waals surface area (Å²) in [6, 6.07) is 22.8. The molecule has 0 radical (unpaired) electrons. The maximum atomic E-state index is 11.7. The number of ether oxygens (including phenoxy) is 1. The molecule has 0 aliphatic carbocycles. The second-order valence-electron chi connectivity index (χ2n) is 9.07. The molecule has 0 bridgehead atoms. The highest BCUT2D eigenvalue weighted by Gasteiger charge is 2.23. The summed E-state index contributed by atoms with van der Waals surface area (Å²) in [5, 5.41) is 3.94. The Morgan fingerprint density at radius 2 is 1.89 bits per heavy atom. The number of fused-ring (bicyclic) bond motifs is 3. The number of aromatic amines is 1. The van der Waals surface area contributed by atoms with E-state index in [1.54, 1.807) is 0 Å². The number of allylic oxidation sites excluding steroid dienone is 1. The predicted molar refractivity (Wildman–Crippen MR) is 139 cm³/mol. The number of aryl methyl sites for hydroxylation is 1. The molecule has 36 heavy (non-hydrogen) atoms. The van der Waals surface area contributed by atoms with Crippen LogP contribution >= 0.6 is 0 Å². The van der Waals surface area contributed by atoms with Crippen LogP contribution in [0.2, 0.25) is 0 Å². The summed E-state index contributed by atoms with van der Waals surface area (Å²) < 4.78 is 13.4. The molecule has 3 aromatic carbocycles. The molecule has 7 nitrogen and oxygen atoms in total. The van der Waals surface area contributed by atoms with Gasteiger partial charge in [-0.15, -0.1) is 0 Å². The monoisotopic (exact) mass is 478 g/mol. The number of imidazole rings is 1. The predicted octanol–water partition coefficient (Wildman–Crippen LogP) is 5.58. The Kier molecular flexibility index (Phi) is 5.52. The number of hydrogen-bond acceptors (Lipinski definition) is 5. The summed E-state index contributed by atoms with van der Waals surface area (Å²) in [5.41, 5.74) is 8.21. The van der Waals surface area contributed by atoms with E-state index in [0.29, 0.717) is 12.4 Å². The maximum absolute atomic E-state index is 11.7. The lowest BCUT2D eigenvalue weighted by Gasteiger charge is -2.15. The summed E-state index contributed by atoms with van der Waals surface area (Å²) >= 11 is 0. The van der Waals surface area contributed by atoms with Gasteiger partial charge in [0.1, 0.15) is 18.2 Å². The van der Waals surface area contributed by atoms with Gasteiger partial charge in [0.25, 0.3) is 0 Å². The average Bonchev–Trinajstić information content (AvgIpc) is 3.43. The molecule has 1 N–H and O–H groups in total. The van der Waals surface area contributed by atoms with Crippen LogP contribution in [0.5, 0.6) is 5.75 Å². The van der Waals surface area contributed by atoms with Crippen LogP contribution in [0, 0.1) is 0 Å². The molecule has 2 aromatic heterocycles. The SMILES string of the molecule is CCCc1nc2ccccc2n1Cc1ccc2c(c1)COc1ccccc1/C2=C(\C)c1noc(=O)[nH]1. The van der Waals surface area contributed by atoms with Crippen LogP contribution in [0.15, 0.2) is 76.0 Å². The molecule has 0 fully saturated rings. The fourth-order valence-electron chi connectivity index (χ4n) is 5.02. The Bertz CT molecular complexity index is 1670. The van der Waals surface area contributed by atoms with Gasteiger partial charge in [-0.3, -0.25) is 9.51 Å². The molecule has 0 saturated carbocycles. The Morgan fingerprint density at radius 3 is 2.72 bits per heavy atom. The van der Waals surface area contributed by atoms with E-state index in [0.717, 1.165) is 69.8 Å². The molecule has 7 heteroatoms. The molecule has 5 aromatic rings. The van der Waals surface area contributed by atoms with Crippen molar-refractivity contribution in [3.63, 3.8) is 0 Å². The van der Waals surface area contributed by atoms with E-state index in [-0.39, 0.29) is 0 Å². The van der Waals surface area contributed by atoms with Gasteiger partial charge in [-0.1, -0.05) is 54.5 Å². The molecular weight excluding hydrogens is 452 g/mol. The summed E-state index contributed by atoms with van der Waals surface area (Å²) in [6.45, 7) is 5.29. The Balaban J connectivity index is 1.47. The van der Waals surface area contributed by atoms with Crippen LogP contribution in [0.1, 0.15) is 54.2 Å². The molecule has 1 aliphatic heterocycles. The van der Waals surface area contributed by atoms with Gasteiger partial charge in [-0.05, 0) is 59.9 Å². The van der Waals surface area contributed by atoms with Crippen LogP contribution in [0.4, 0.5) is 0 Å². The largest absolute Gasteiger partial charge is 0.488 e. The molecule has 0 saturated heterocycles. The molecule has 6 rings (SSSR count). The van der Waals surface area contributed by atoms with Crippen LogP contribution in [0.25, 0.3) is 22.2 Å². The summed E-state index contributed by atoms with van der Waals surface area (Å²) in [4.78, 5) is 19.2. The number of nitrogens with zero attached hydrogens (tertiary/aromatic N) is 3. The van der Waals surface area contributed by atoms with Crippen molar-refractivity contribution in [2.45, 2.75) is 39.8 Å². The van der Waals surface area contributed by atoms with Crippen molar-refractivity contribution >= 4 is 22.2 Å². The number of benzene rings is 3. The summed E-state index contributed by atoms with van der Waals surface area (Å²) in [6.07, 6.45) is 1.97. The van der Waals surface area contributed by atoms with E-state index in [4.69, 9.17) is 14.2 Å². The fourth-order valence-corrected chi connectivity index (χ4v) is 5.02. The van der Waals surface area contributed by atoms with Crippen molar-refractivity contribution in [1.82, 2.24) is 19.7 Å². The molecule has 3 heterocycles. The van der Waals surface area contributed by atoms with Gasteiger partial charge in [0, 0.05) is 24.1 Å². The second kappa shape index (κ2) is 9.00. The van der Waals surface area contributed by atoms with Gasteiger partial charge in [0.2, 0.25) is 0 Å². The third-order valence-corrected chi connectivity index (χ3v) is 6.70. The quantitative estimate of drug-likeness (QED) is 0.356.